The van der Waals surface area contributed by atoms with Crippen molar-refractivity contribution >= 4 is 11.6 Å². The summed E-state index contributed by atoms with van der Waals surface area (Å²) in [5, 5.41) is 8.88. The van der Waals surface area contributed by atoms with Gasteiger partial charge in [-0.1, -0.05) is 42.7 Å². The first-order valence-electron chi connectivity index (χ1n) is 10.0. The van der Waals surface area contributed by atoms with Crippen LogP contribution in [-0.2, 0) is 6.42 Å². The fourth-order valence-electron chi connectivity index (χ4n) is 4.98. The molecule has 25 heavy (non-hydrogen) atoms. The quantitative estimate of drug-likeness (QED) is 0.566. The zero-order chi connectivity index (χ0) is 17.5. The maximum absolute atomic E-state index is 8.88. The third-order valence-corrected chi connectivity index (χ3v) is 6.79. The monoisotopic (exact) mass is 355 g/mol. The van der Waals surface area contributed by atoms with Crippen molar-refractivity contribution in [3.63, 3.8) is 0 Å². The molecule has 0 saturated heterocycles. The normalized spacial score (nSPS) is 30.2. The van der Waals surface area contributed by atoms with E-state index in [9.17, 15) is 0 Å². The fourth-order valence-corrected chi connectivity index (χ4v) is 5.18. The van der Waals surface area contributed by atoms with Crippen LogP contribution < -0.4 is 0 Å². The van der Waals surface area contributed by atoms with Crippen LogP contribution in [0.2, 0.25) is 0 Å². The Labute approximate surface area is 158 Å². The van der Waals surface area contributed by atoms with E-state index in [1.54, 1.807) is 5.54 Å². The Morgan fingerprint density at radius 1 is 0.920 bits per heavy atom. The van der Waals surface area contributed by atoms with Gasteiger partial charge in [-0.15, -0.1) is 0 Å². The van der Waals surface area contributed by atoms with Gasteiger partial charge in [0.25, 0.3) is 0 Å². The predicted octanol–water partition coefficient (Wildman–Crippen LogP) is 6.86. The highest BCUT2D eigenvalue weighted by Gasteiger charge is 2.30. The van der Waals surface area contributed by atoms with Crippen LogP contribution in [0.1, 0.15) is 68.9 Å². The highest BCUT2D eigenvalue weighted by Crippen LogP contribution is 2.42. The van der Waals surface area contributed by atoms with Gasteiger partial charge >= 0.3 is 0 Å². The average molecular weight is 356 g/mol. The number of rotatable bonds is 5. The molecule has 1 nitrogen and oxygen atoms in total. The molecular weight excluding hydrogens is 326 g/mol. The van der Waals surface area contributed by atoms with Crippen LogP contribution in [0.25, 0.3) is 0 Å². The van der Waals surface area contributed by atoms with E-state index in [4.69, 9.17) is 16.9 Å². The Morgan fingerprint density at radius 3 is 2.08 bits per heavy atom. The minimum Gasteiger partial charge on any atom is -0.192 e. The summed E-state index contributed by atoms with van der Waals surface area (Å²) in [5.41, 5.74) is 3.86. The van der Waals surface area contributed by atoms with Crippen LogP contribution in [-0.4, -0.2) is 0 Å². The van der Waals surface area contributed by atoms with Crippen molar-refractivity contribution in [2.24, 2.45) is 23.7 Å². The first-order chi connectivity index (χ1) is 12.3. The van der Waals surface area contributed by atoms with Crippen molar-refractivity contribution in [2.45, 2.75) is 64.2 Å². The highest BCUT2D eigenvalue weighted by atomic mass is 35.5. The summed E-state index contributed by atoms with van der Waals surface area (Å²) in [6.07, 6.45) is 15.9. The Bertz CT molecular complexity index is 582. The molecule has 2 aliphatic carbocycles. The Kier molecular flexibility index (Phi) is 7.00. The van der Waals surface area contributed by atoms with Crippen molar-refractivity contribution < 1.29 is 0 Å². The molecular formula is C23H30ClN. The lowest BCUT2D eigenvalue weighted by Crippen LogP contribution is -2.25. The summed E-state index contributed by atoms with van der Waals surface area (Å²) in [6, 6.07) is 10.3. The summed E-state index contributed by atoms with van der Waals surface area (Å²) < 4.78 is 0. The zero-order valence-electron chi connectivity index (χ0n) is 15.2. The van der Waals surface area contributed by atoms with Crippen LogP contribution in [0, 0.1) is 35.0 Å². The van der Waals surface area contributed by atoms with Crippen LogP contribution in [0.3, 0.4) is 0 Å². The maximum atomic E-state index is 8.88. The lowest BCUT2D eigenvalue weighted by atomic mass is 9.68. The summed E-state index contributed by atoms with van der Waals surface area (Å²) >= 11 is 5.73. The second-order valence-corrected chi connectivity index (χ2v) is 8.37. The number of allylic oxidation sites excluding steroid dienone is 1. The third-order valence-electron chi connectivity index (χ3n) is 6.64. The molecule has 3 rings (SSSR count). The van der Waals surface area contributed by atoms with Crippen LogP contribution in [0.5, 0.6) is 0 Å². The fraction of sp³-hybridized carbons (Fsp3) is 0.609. The number of aryl methyl sites for hydroxylation is 1. The second-order valence-electron chi connectivity index (χ2n) is 8.12. The first kappa shape index (κ1) is 18.5. The average Bonchev–Trinajstić information content (AvgIpc) is 2.68. The smallest absolute Gasteiger partial charge is 0.0991 e. The van der Waals surface area contributed by atoms with E-state index < -0.39 is 0 Å². The lowest BCUT2D eigenvalue weighted by molar-refractivity contribution is 0.153. The molecule has 0 N–H and O–H groups in total. The zero-order valence-corrected chi connectivity index (χ0v) is 15.9. The van der Waals surface area contributed by atoms with Crippen LogP contribution >= 0.6 is 11.6 Å². The molecule has 0 bridgehead atoms. The molecule has 2 aliphatic rings. The molecule has 2 heteroatoms. The number of hydrogen-bond donors (Lipinski definition) is 0. The molecule has 1 aromatic rings. The number of nitriles is 1. The highest BCUT2D eigenvalue weighted by molar-refractivity contribution is 6.25. The van der Waals surface area contributed by atoms with E-state index in [0.29, 0.717) is 0 Å². The van der Waals surface area contributed by atoms with Crippen molar-refractivity contribution in [2.75, 3.05) is 0 Å². The summed E-state index contributed by atoms with van der Waals surface area (Å²) in [7, 11) is 0. The third kappa shape index (κ3) is 5.35. The van der Waals surface area contributed by atoms with Gasteiger partial charge in [-0.25, -0.2) is 0 Å². The van der Waals surface area contributed by atoms with Crippen LogP contribution in [0.4, 0.5) is 0 Å². The van der Waals surface area contributed by atoms with Gasteiger partial charge in [0.05, 0.1) is 11.6 Å². The van der Waals surface area contributed by atoms with Crippen molar-refractivity contribution in [1.29, 1.82) is 5.26 Å². The molecule has 134 valence electrons. The molecule has 2 fully saturated rings. The summed E-state index contributed by atoms with van der Waals surface area (Å²) in [5.74, 6) is 3.59. The van der Waals surface area contributed by atoms with Crippen molar-refractivity contribution in [1.82, 2.24) is 0 Å². The van der Waals surface area contributed by atoms with Gasteiger partial charge in [-0.3, -0.25) is 0 Å². The van der Waals surface area contributed by atoms with Crippen molar-refractivity contribution in [3.8, 4) is 6.07 Å². The van der Waals surface area contributed by atoms with Gasteiger partial charge in [-0.05, 0) is 92.7 Å². The van der Waals surface area contributed by atoms with Gasteiger partial charge < -0.3 is 0 Å². The minimum absolute atomic E-state index is 0.734. The summed E-state index contributed by atoms with van der Waals surface area (Å²) in [4.78, 5) is 0. The molecule has 0 heterocycles. The lowest BCUT2D eigenvalue weighted by Gasteiger charge is -2.37. The van der Waals surface area contributed by atoms with E-state index in [-0.39, 0.29) is 0 Å². The summed E-state index contributed by atoms with van der Waals surface area (Å²) in [6.45, 7) is 0. The Hall–Kier alpha value is -1.26. The van der Waals surface area contributed by atoms with Crippen molar-refractivity contribution in [3.05, 3.63) is 47.0 Å². The maximum Gasteiger partial charge on any atom is 0.0991 e. The molecule has 0 spiro atoms. The predicted molar refractivity (Wildman–Crippen MR) is 105 cm³/mol. The molecule has 0 aliphatic heterocycles. The molecule has 0 aromatic heterocycles. The largest absolute Gasteiger partial charge is 0.192 e. The standard InChI is InChI=1S/C23H30ClN/c24-16-15-20-9-13-23(14-10-20)22-11-7-19(8-12-22)2-1-18-3-5-21(17-25)6-4-18/h3-6,15-16,19-20,22-23H,1-2,7-14H2/b16-15+. The van der Waals surface area contributed by atoms with Gasteiger partial charge in [-0.2, -0.15) is 5.26 Å². The van der Waals surface area contributed by atoms with Gasteiger partial charge in [0.15, 0.2) is 0 Å². The molecule has 0 amide bonds. The molecule has 2 saturated carbocycles. The molecule has 0 unspecified atom stereocenters. The number of hydrogen-bond acceptors (Lipinski definition) is 1. The van der Waals surface area contributed by atoms with E-state index in [0.717, 1.165) is 35.7 Å². The Morgan fingerprint density at radius 2 is 1.52 bits per heavy atom. The van der Waals surface area contributed by atoms with E-state index >= 15 is 0 Å². The van der Waals surface area contributed by atoms with Gasteiger partial charge in [0.2, 0.25) is 0 Å². The molecule has 0 radical (unpaired) electrons. The number of halogens is 1. The first-order valence-corrected chi connectivity index (χ1v) is 10.5. The number of nitrogens with zero attached hydrogens (tertiary/aromatic N) is 1. The van der Waals surface area contributed by atoms with E-state index in [2.05, 4.69) is 24.3 Å². The van der Waals surface area contributed by atoms with E-state index in [1.807, 2.05) is 12.1 Å². The second kappa shape index (κ2) is 9.44. The number of benzene rings is 1. The topological polar surface area (TPSA) is 23.8 Å². The molecule has 1 aromatic carbocycles. The Balaban J connectivity index is 1.38. The SMILES string of the molecule is N#Cc1ccc(CCC2CCC(C3CCC(/C=C/Cl)CC3)CC2)cc1. The van der Waals surface area contributed by atoms with E-state index in [1.165, 1.54) is 63.4 Å². The van der Waals surface area contributed by atoms with Crippen LogP contribution in [0.15, 0.2) is 35.9 Å². The van der Waals surface area contributed by atoms with Gasteiger partial charge in [0.1, 0.15) is 0 Å². The minimum atomic E-state index is 0.734. The van der Waals surface area contributed by atoms with Gasteiger partial charge in [0, 0.05) is 5.54 Å². The molecule has 0 atom stereocenters.